The van der Waals surface area contributed by atoms with Crippen LogP contribution in [0.15, 0.2) is 20.1 Å². The predicted octanol–water partition coefficient (Wildman–Crippen LogP) is 1.29. The number of hydrogen-bond donors (Lipinski definition) is 2. The molecular formula is C11H15N3O3S2. The zero-order chi connectivity index (χ0) is 14.0. The first-order valence-corrected chi connectivity index (χ1v) is 7.98. The zero-order valence-electron chi connectivity index (χ0n) is 10.6. The third-order valence-electron chi connectivity index (χ3n) is 2.62. The molecule has 2 heterocycles. The van der Waals surface area contributed by atoms with Gasteiger partial charge in [0, 0.05) is 6.54 Å². The lowest BCUT2D eigenvalue weighted by Crippen LogP contribution is -2.22. The van der Waals surface area contributed by atoms with Gasteiger partial charge >= 0.3 is 0 Å². The van der Waals surface area contributed by atoms with Crippen molar-refractivity contribution in [2.75, 3.05) is 0 Å². The van der Waals surface area contributed by atoms with Gasteiger partial charge in [-0.1, -0.05) is 0 Å². The van der Waals surface area contributed by atoms with E-state index in [1.54, 1.807) is 18.4 Å². The molecule has 0 bridgehead atoms. The predicted molar refractivity (Wildman–Crippen MR) is 72.2 cm³/mol. The number of aryl methyl sites for hydroxylation is 2. The summed E-state index contributed by atoms with van der Waals surface area (Å²) in [6, 6.07) is 1.57. The first-order chi connectivity index (χ1) is 8.92. The summed E-state index contributed by atoms with van der Waals surface area (Å²) < 4.78 is 32.0. The van der Waals surface area contributed by atoms with E-state index in [-0.39, 0.29) is 10.8 Å². The highest BCUT2D eigenvalue weighted by Gasteiger charge is 2.17. The molecule has 0 amide bonds. The molecule has 0 atom stereocenters. The van der Waals surface area contributed by atoms with E-state index in [1.807, 2.05) is 6.92 Å². The molecule has 0 saturated heterocycles. The van der Waals surface area contributed by atoms with Gasteiger partial charge in [0.2, 0.25) is 5.89 Å². The minimum Gasteiger partial charge on any atom is -0.444 e. The number of aromatic nitrogens is 1. The topological polar surface area (TPSA) is 98.2 Å². The molecule has 6 nitrogen and oxygen atoms in total. The van der Waals surface area contributed by atoms with Crippen molar-refractivity contribution >= 4 is 21.4 Å². The number of thiophene rings is 1. The van der Waals surface area contributed by atoms with Gasteiger partial charge in [-0.05, 0) is 30.9 Å². The molecule has 8 heteroatoms. The summed E-state index contributed by atoms with van der Waals surface area (Å²) in [6.07, 6.45) is 0. The quantitative estimate of drug-likeness (QED) is 0.867. The van der Waals surface area contributed by atoms with E-state index in [9.17, 15) is 8.42 Å². The molecule has 2 aromatic heterocycles. The Bertz CT molecular complexity index is 654. The lowest BCUT2D eigenvalue weighted by atomic mass is 10.4. The van der Waals surface area contributed by atoms with Crippen molar-refractivity contribution < 1.29 is 12.8 Å². The summed E-state index contributed by atoms with van der Waals surface area (Å²) in [6.45, 7) is 3.95. The van der Waals surface area contributed by atoms with Gasteiger partial charge in [0.15, 0.2) is 0 Å². The van der Waals surface area contributed by atoms with Crippen LogP contribution < -0.4 is 10.5 Å². The fraction of sp³-hybridized carbons (Fsp3) is 0.364. The summed E-state index contributed by atoms with van der Waals surface area (Å²) in [5.74, 6) is 1.05. The monoisotopic (exact) mass is 301 g/mol. The zero-order valence-corrected chi connectivity index (χ0v) is 12.3. The second kappa shape index (κ2) is 5.41. The van der Waals surface area contributed by atoms with Crippen molar-refractivity contribution in [3.63, 3.8) is 0 Å². The Morgan fingerprint density at radius 3 is 2.74 bits per heavy atom. The van der Waals surface area contributed by atoms with Crippen LogP contribution in [0.4, 0.5) is 0 Å². The molecule has 0 aromatic carbocycles. The molecule has 2 aromatic rings. The Morgan fingerprint density at radius 1 is 1.47 bits per heavy atom. The molecule has 104 valence electrons. The van der Waals surface area contributed by atoms with E-state index in [0.717, 1.165) is 22.6 Å². The molecule has 0 aliphatic heterocycles. The van der Waals surface area contributed by atoms with Crippen LogP contribution in [0.25, 0.3) is 0 Å². The van der Waals surface area contributed by atoms with Crippen molar-refractivity contribution in [2.45, 2.75) is 31.1 Å². The molecule has 0 fully saturated rings. The Morgan fingerprint density at radius 2 is 2.21 bits per heavy atom. The third kappa shape index (κ3) is 3.21. The maximum Gasteiger partial charge on any atom is 0.250 e. The molecule has 0 unspecified atom stereocenters. The lowest BCUT2D eigenvalue weighted by molar-refractivity contribution is 0.463. The van der Waals surface area contributed by atoms with Crippen molar-refractivity contribution in [1.29, 1.82) is 0 Å². The molecule has 3 N–H and O–H groups in total. The molecular weight excluding hydrogens is 286 g/mol. The first-order valence-electron chi connectivity index (χ1n) is 5.62. The number of sulfonamides is 1. The Hall–Kier alpha value is -1.22. The van der Waals surface area contributed by atoms with Crippen LogP contribution in [0.2, 0.25) is 0 Å². The van der Waals surface area contributed by atoms with Crippen LogP contribution in [-0.4, -0.2) is 13.4 Å². The van der Waals surface area contributed by atoms with Crippen molar-refractivity contribution in [3.8, 4) is 0 Å². The molecule has 0 spiro atoms. The van der Waals surface area contributed by atoms with E-state index in [4.69, 9.17) is 10.2 Å². The van der Waals surface area contributed by atoms with E-state index in [1.165, 1.54) is 0 Å². The van der Waals surface area contributed by atoms with E-state index in [2.05, 4.69) is 9.71 Å². The normalized spacial score (nSPS) is 11.9. The molecule has 0 saturated carbocycles. The number of rotatable bonds is 5. The number of nitrogens with zero attached hydrogens (tertiary/aromatic N) is 1. The highest BCUT2D eigenvalue weighted by molar-refractivity contribution is 7.91. The minimum absolute atomic E-state index is 0.0346. The van der Waals surface area contributed by atoms with Crippen molar-refractivity contribution in [3.05, 3.63) is 34.4 Å². The summed E-state index contributed by atoms with van der Waals surface area (Å²) in [7, 11) is -3.54. The maximum atomic E-state index is 12.0. The molecule has 0 aliphatic rings. The van der Waals surface area contributed by atoms with Gasteiger partial charge in [-0.2, -0.15) is 0 Å². The summed E-state index contributed by atoms with van der Waals surface area (Å²) >= 11 is 1.14. The molecule has 2 rings (SSSR count). The SMILES string of the molecule is Cc1nc(CNS(=O)(=O)c2cc(CN)cs2)oc1C. The standard InChI is InChI=1S/C11H15N3O3S2/c1-7-8(2)17-10(14-7)5-13-19(15,16)11-3-9(4-12)6-18-11/h3,6,13H,4-5,12H2,1-2H3. The third-order valence-corrected chi connectivity index (χ3v) is 5.51. The van der Waals surface area contributed by atoms with Crippen molar-refractivity contribution in [2.24, 2.45) is 5.73 Å². The lowest BCUT2D eigenvalue weighted by Gasteiger charge is -2.01. The van der Waals surface area contributed by atoms with Crippen molar-refractivity contribution in [1.82, 2.24) is 9.71 Å². The highest BCUT2D eigenvalue weighted by atomic mass is 32.2. The smallest absolute Gasteiger partial charge is 0.250 e. The summed E-state index contributed by atoms with van der Waals surface area (Å²) in [5, 5.41) is 1.73. The second-order valence-corrected chi connectivity index (χ2v) is 6.96. The summed E-state index contributed by atoms with van der Waals surface area (Å²) in [5.41, 5.74) is 7.02. The Labute approximate surface area is 115 Å². The van der Waals surface area contributed by atoms with Gasteiger partial charge in [0.1, 0.15) is 9.97 Å². The Balaban J connectivity index is 2.09. The van der Waals surface area contributed by atoms with Gasteiger partial charge < -0.3 is 10.2 Å². The average molecular weight is 301 g/mol. The van der Waals surface area contributed by atoms with Crippen LogP contribution in [0.1, 0.15) is 22.9 Å². The Kier molecular flexibility index (Phi) is 4.04. The maximum absolute atomic E-state index is 12.0. The first kappa shape index (κ1) is 14.2. The van der Waals surface area contributed by atoms with Gasteiger partial charge in [0.05, 0.1) is 12.2 Å². The molecule has 19 heavy (non-hydrogen) atoms. The van der Waals surface area contributed by atoms with E-state index >= 15 is 0 Å². The molecule has 0 aliphatic carbocycles. The number of oxazole rings is 1. The van der Waals surface area contributed by atoms with E-state index < -0.39 is 10.0 Å². The minimum atomic E-state index is -3.54. The average Bonchev–Trinajstić information content (AvgIpc) is 2.95. The van der Waals surface area contributed by atoms with Gasteiger partial charge in [-0.15, -0.1) is 11.3 Å². The number of hydrogen-bond acceptors (Lipinski definition) is 6. The largest absolute Gasteiger partial charge is 0.444 e. The van der Waals surface area contributed by atoms with E-state index in [0.29, 0.717) is 18.2 Å². The van der Waals surface area contributed by atoms with Crippen LogP contribution in [0.5, 0.6) is 0 Å². The van der Waals surface area contributed by atoms with Crippen LogP contribution in [0.3, 0.4) is 0 Å². The van der Waals surface area contributed by atoms with Crippen LogP contribution in [-0.2, 0) is 23.1 Å². The second-order valence-electron chi connectivity index (χ2n) is 4.05. The van der Waals surface area contributed by atoms with Gasteiger partial charge in [0.25, 0.3) is 10.0 Å². The van der Waals surface area contributed by atoms with Crippen LogP contribution >= 0.6 is 11.3 Å². The number of nitrogens with two attached hydrogens (primary N) is 1. The number of nitrogens with one attached hydrogen (secondary N) is 1. The molecule has 0 radical (unpaired) electrons. The fourth-order valence-electron chi connectivity index (χ4n) is 1.44. The van der Waals surface area contributed by atoms with Crippen LogP contribution in [0, 0.1) is 13.8 Å². The fourth-order valence-corrected chi connectivity index (χ4v) is 3.69. The van der Waals surface area contributed by atoms with Gasteiger partial charge in [-0.3, -0.25) is 0 Å². The van der Waals surface area contributed by atoms with Gasteiger partial charge in [-0.25, -0.2) is 18.1 Å². The summed E-state index contributed by atoms with van der Waals surface area (Å²) in [4.78, 5) is 4.12. The highest BCUT2D eigenvalue weighted by Crippen LogP contribution is 2.20.